The third kappa shape index (κ3) is 3.73. The summed E-state index contributed by atoms with van der Waals surface area (Å²) in [6.45, 7) is 8.16. The van der Waals surface area contributed by atoms with Crippen molar-refractivity contribution in [2.45, 2.75) is 25.8 Å². The van der Waals surface area contributed by atoms with Gasteiger partial charge in [-0.15, -0.1) is 0 Å². The first-order chi connectivity index (χ1) is 15.6. The van der Waals surface area contributed by atoms with Crippen LogP contribution in [0.1, 0.15) is 48.2 Å². The molecule has 0 bridgehead atoms. The van der Waals surface area contributed by atoms with E-state index in [2.05, 4.69) is 111 Å². The Labute approximate surface area is 190 Å². The molecule has 2 heteroatoms. The normalized spacial score (nSPS) is 21.9. The average Bonchev–Trinajstić information content (AvgIpc) is 2.84. The average molecular weight is 417 g/mol. The summed E-state index contributed by atoms with van der Waals surface area (Å²) in [6, 6.07) is 17.6. The zero-order chi connectivity index (χ0) is 22.1. The van der Waals surface area contributed by atoms with Gasteiger partial charge in [-0.1, -0.05) is 105 Å². The maximum atomic E-state index is 5.15. The van der Waals surface area contributed by atoms with Gasteiger partial charge in [-0.3, -0.25) is 0 Å². The summed E-state index contributed by atoms with van der Waals surface area (Å²) in [6.07, 6.45) is 17.1. The molecule has 3 atom stereocenters. The minimum Gasteiger partial charge on any atom is -0.372 e. The van der Waals surface area contributed by atoms with Crippen molar-refractivity contribution >= 4 is 28.2 Å². The number of aromatic nitrogens is 1. The van der Waals surface area contributed by atoms with Crippen LogP contribution in [0.4, 0.5) is 5.69 Å². The second-order valence-electron chi connectivity index (χ2n) is 8.68. The number of hydrogen-bond donors (Lipinski definition) is 1. The highest BCUT2D eigenvalue weighted by Crippen LogP contribution is 2.37. The van der Waals surface area contributed by atoms with Crippen molar-refractivity contribution in [3.63, 3.8) is 0 Å². The Kier molecular flexibility index (Phi) is 5.36. The predicted octanol–water partition coefficient (Wildman–Crippen LogP) is 7.85. The first-order valence-electron chi connectivity index (χ1n) is 11.3. The molecule has 0 saturated heterocycles. The third-order valence-corrected chi connectivity index (χ3v) is 6.53. The van der Waals surface area contributed by atoms with E-state index in [1.165, 1.54) is 22.3 Å². The van der Waals surface area contributed by atoms with Gasteiger partial charge in [0.25, 0.3) is 0 Å². The molecule has 1 N–H and O–H groups in total. The van der Waals surface area contributed by atoms with Crippen molar-refractivity contribution in [1.29, 1.82) is 0 Å². The van der Waals surface area contributed by atoms with Gasteiger partial charge in [0.2, 0.25) is 0 Å². The standard InChI is InChI=1S/C30H28N2/c1-4-7-20(2)22-10-12-23(13-11-22)27-18-16-24-14-15-25-17-19-28(32-30(25)29(24)31-27)26-9-6-5-8-21(26)3/h4-19,21,26-27,31H,1H2,2-3H3/b20-7+/t21?,26-,27?/m1/s1. The molecular weight excluding hydrogens is 388 g/mol. The maximum absolute atomic E-state index is 5.15. The topological polar surface area (TPSA) is 24.9 Å². The number of hydrogen-bond acceptors (Lipinski definition) is 2. The lowest BCUT2D eigenvalue weighted by Crippen LogP contribution is -2.14. The Morgan fingerprint density at radius 2 is 1.75 bits per heavy atom. The molecule has 2 nitrogen and oxygen atoms in total. The molecule has 0 amide bonds. The van der Waals surface area contributed by atoms with Crippen molar-refractivity contribution in [2.24, 2.45) is 5.92 Å². The monoisotopic (exact) mass is 416 g/mol. The van der Waals surface area contributed by atoms with Gasteiger partial charge in [0.05, 0.1) is 17.2 Å². The van der Waals surface area contributed by atoms with Crippen LogP contribution in [0.25, 0.3) is 22.6 Å². The summed E-state index contributed by atoms with van der Waals surface area (Å²) in [4.78, 5) is 5.15. The van der Waals surface area contributed by atoms with E-state index in [4.69, 9.17) is 4.98 Å². The molecule has 2 aliphatic rings. The molecule has 2 unspecified atom stereocenters. The molecule has 5 rings (SSSR count). The molecule has 0 radical (unpaired) electrons. The number of nitrogens with one attached hydrogen (secondary N) is 1. The summed E-state index contributed by atoms with van der Waals surface area (Å²) in [5, 5.41) is 4.92. The molecule has 2 heterocycles. The zero-order valence-electron chi connectivity index (χ0n) is 18.6. The number of rotatable bonds is 4. The summed E-state index contributed by atoms with van der Waals surface area (Å²) < 4.78 is 0. The molecule has 1 aliphatic heterocycles. The van der Waals surface area contributed by atoms with Gasteiger partial charge in [0.15, 0.2) is 0 Å². The molecule has 32 heavy (non-hydrogen) atoms. The van der Waals surface area contributed by atoms with Crippen LogP contribution < -0.4 is 5.32 Å². The second-order valence-corrected chi connectivity index (χ2v) is 8.68. The van der Waals surface area contributed by atoms with Crippen molar-refractivity contribution in [3.05, 3.63) is 120 Å². The lowest BCUT2D eigenvalue weighted by atomic mass is 9.87. The fourth-order valence-electron chi connectivity index (χ4n) is 4.61. The van der Waals surface area contributed by atoms with Gasteiger partial charge in [-0.2, -0.15) is 0 Å². The first kappa shape index (κ1) is 20.3. The predicted molar refractivity (Wildman–Crippen MR) is 138 cm³/mol. The number of pyridine rings is 1. The highest BCUT2D eigenvalue weighted by molar-refractivity contribution is 5.96. The molecule has 3 aromatic rings. The van der Waals surface area contributed by atoms with Crippen molar-refractivity contribution in [3.8, 4) is 0 Å². The molecule has 0 fully saturated rings. The quantitative estimate of drug-likeness (QED) is 0.438. The summed E-state index contributed by atoms with van der Waals surface area (Å²) >= 11 is 0. The zero-order valence-corrected chi connectivity index (χ0v) is 18.6. The van der Waals surface area contributed by atoms with E-state index in [9.17, 15) is 0 Å². The van der Waals surface area contributed by atoms with E-state index < -0.39 is 0 Å². The molecular formula is C30H28N2. The third-order valence-electron chi connectivity index (χ3n) is 6.53. The molecule has 2 aromatic carbocycles. The SMILES string of the molecule is C=C/C=C(\C)c1ccc(C2C=Cc3ccc4ccc([C@@H]5C=CC=CC5C)nc4c3N2)cc1. The van der Waals surface area contributed by atoms with Crippen molar-refractivity contribution in [1.82, 2.24) is 4.98 Å². The number of nitrogens with zero attached hydrogens (tertiary/aromatic N) is 1. The van der Waals surface area contributed by atoms with E-state index in [0.717, 1.165) is 22.3 Å². The summed E-state index contributed by atoms with van der Waals surface area (Å²) in [5.74, 6) is 0.761. The minimum atomic E-state index is 0.118. The van der Waals surface area contributed by atoms with Crippen LogP contribution in [-0.2, 0) is 0 Å². The minimum absolute atomic E-state index is 0.118. The number of benzene rings is 2. The highest BCUT2D eigenvalue weighted by Gasteiger charge is 2.21. The van der Waals surface area contributed by atoms with Crippen LogP contribution in [0, 0.1) is 5.92 Å². The van der Waals surface area contributed by atoms with Crippen LogP contribution in [0.5, 0.6) is 0 Å². The van der Waals surface area contributed by atoms with Crippen molar-refractivity contribution < 1.29 is 0 Å². The van der Waals surface area contributed by atoms with E-state index in [1.54, 1.807) is 0 Å². The lowest BCUT2D eigenvalue weighted by molar-refractivity contribution is 0.622. The van der Waals surface area contributed by atoms with E-state index in [0.29, 0.717) is 11.8 Å². The van der Waals surface area contributed by atoms with Crippen LogP contribution in [0.2, 0.25) is 0 Å². The first-order valence-corrected chi connectivity index (χ1v) is 11.3. The molecule has 1 aliphatic carbocycles. The van der Waals surface area contributed by atoms with Crippen LogP contribution in [-0.4, -0.2) is 4.98 Å². The van der Waals surface area contributed by atoms with Gasteiger partial charge < -0.3 is 5.32 Å². The largest absolute Gasteiger partial charge is 0.372 e. The molecule has 0 saturated carbocycles. The molecule has 0 spiro atoms. The van der Waals surface area contributed by atoms with Crippen LogP contribution >= 0.6 is 0 Å². The number of fused-ring (bicyclic) bond motifs is 3. The summed E-state index contributed by atoms with van der Waals surface area (Å²) in [5.41, 5.74) is 8.15. The Bertz CT molecular complexity index is 1290. The maximum Gasteiger partial charge on any atom is 0.0943 e. The Hall–Kier alpha value is -3.65. The Morgan fingerprint density at radius 3 is 2.53 bits per heavy atom. The second kappa shape index (κ2) is 8.47. The van der Waals surface area contributed by atoms with E-state index in [-0.39, 0.29) is 6.04 Å². The fourth-order valence-corrected chi connectivity index (χ4v) is 4.61. The van der Waals surface area contributed by atoms with Gasteiger partial charge in [-0.05, 0) is 41.2 Å². The van der Waals surface area contributed by atoms with E-state index in [1.807, 2.05) is 12.2 Å². The molecule has 1 aromatic heterocycles. The number of allylic oxidation sites excluding steroid dienone is 7. The van der Waals surface area contributed by atoms with Crippen LogP contribution in [0.15, 0.2) is 97.6 Å². The lowest BCUT2D eigenvalue weighted by Gasteiger charge is -2.25. The van der Waals surface area contributed by atoms with Gasteiger partial charge in [-0.25, -0.2) is 4.98 Å². The molecule has 158 valence electrons. The smallest absolute Gasteiger partial charge is 0.0943 e. The fraction of sp³-hybridized carbons (Fsp3) is 0.167. The summed E-state index contributed by atoms with van der Waals surface area (Å²) in [7, 11) is 0. The van der Waals surface area contributed by atoms with Crippen molar-refractivity contribution in [2.75, 3.05) is 5.32 Å². The Morgan fingerprint density at radius 1 is 0.969 bits per heavy atom. The van der Waals surface area contributed by atoms with E-state index >= 15 is 0 Å². The highest BCUT2D eigenvalue weighted by atomic mass is 14.9. The van der Waals surface area contributed by atoms with Crippen LogP contribution in [0.3, 0.4) is 0 Å². The Balaban J connectivity index is 1.49. The van der Waals surface area contributed by atoms with Gasteiger partial charge >= 0.3 is 0 Å². The van der Waals surface area contributed by atoms with Gasteiger partial charge in [0.1, 0.15) is 0 Å². The number of anilines is 1. The van der Waals surface area contributed by atoms with Gasteiger partial charge in [0, 0.05) is 17.0 Å².